The Labute approximate surface area is 183 Å². The summed E-state index contributed by atoms with van der Waals surface area (Å²) >= 11 is 0. The zero-order chi connectivity index (χ0) is 21.6. The minimum atomic E-state index is 0.586. The van der Waals surface area contributed by atoms with Crippen LogP contribution in [0.4, 0.5) is 0 Å². The van der Waals surface area contributed by atoms with Crippen LogP contribution < -0.4 is 0 Å². The van der Waals surface area contributed by atoms with E-state index in [-0.39, 0.29) is 0 Å². The molecule has 0 aliphatic heterocycles. The zero-order valence-electron chi connectivity index (χ0n) is 21.3. The lowest BCUT2D eigenvalue weighted by Gasteiger charge is -2.25. The predicted molar refractivity (Wildman–Crippen MR) is 129 cm³/mol. The molecule has 3 aliphatic rings. The van der Waals surface area contributed by atoms with Crippen LogP contribution in [0.5, 0.6) is 0 Å². The predicted octanol–water partition coefficient (Wildman–Crippen LogP) is 9.36. The largest absolute Gasteiger partial charge is 0.0788 e. The first kappa shape index (κ1) is 23.1. The highest BCUT2D eigenvalue weighted by Gasteiger charge is 2.96. The van der Waals surface area contributed by atoms with Crippen molar-refractivity contribution in [1.29, 1.82) is 0 Å². The molecule has 0 heteroatoms. The molecule has 0 nitrogen and oxygen atoms in total. The minimum absolute atomic E-state index is 0.586. The third kappa shape index (κ3) is 3.49. The van der Waals surface area contributed by atoms with Crippen LogP contribution in [-0.2, 0) is 0 Å². The molecular weight excluding hydrogens is 348 g/mol. The molecule has 0 aromatic rings. The molecule has 0 amide bonds. The van der Waals surface area contributed by atoms with Crippen LogP contribution in [0.25, 0.3) is 0 Å². The lowest BCUT2D eigenvalue weighted by Crippen LogP contribution is -2.18. The average molecular weight is 399 g/mol. The molecule has 7 unspecified atom stereocenters. The van der Waals surface area contributed by atoms with E-state index in [1.54, 1.807) is 16.7 Å². The van der Waals surface area contributed by atoms with Crippen LogP contribution >= 0.6 is 0 Å². The summed E-state index contributed by atoms with van der Waals surface area (Å²) < 4.78 is 0. The maximum absolute atomic E-state index is 2.71. The zero-order valence-corrected chi connectivity index (χ0v) is 21.3. The van der Waals surface area contributed by atoms with E-state index in [1.165, 1.54) is 57.8 Å². The third-order valence-electron chi connectivity index (χ3n) is 10.2. The summed E-state index contributed by atoms with van der Waals surface area (Å²) in [6, 6.07) is 0. The maximum atomic E-state index is 2.71. The van der Waals surface area contributed by atoms with Crippen molar-refractivity contribution >= 4 is 0 Å². The van der Waals surface area contributed by atoms with Crippen molar-refractivity contribution in [2.24, 2.45) is 39.9 Å². The first-order valence-electron chi connectivity index (χ1n) is 13.0. The fraction of sp³-hybridized carbons (Fsp3) is 0.862. The number of fused-ring (bicyclic) bond motifs is 4. The van der Waals surface area contributed by atoms with E-state index in [2.05, 4.69) is 68.4 Å². The minimum Gasteiger partial charge on any atom is -0.0788 e. The van der Waals surface area contributed by atoms with Crippen LogP contribution in [0.2, 0.25) is 0 Å². The Morgan fingerprint density at radius 1 is 0.931 bits per heavy atom. The van der Waals surface area contributed by atoms with Gasteiger partial charge in [-0.2, -0.15) is 0 Å². The van der Waals surface area contributed by atoms with E-state index < -0.39 is 0 Å². The summed E-state index contributed by atoms with van der Waals surface area (Å²) in [6.07, 6.45) is 14.9. The Bertz CT molecular complexity index is 666. The van der Waals surface area contributed by atoms with Gasteiger partial charge < -0.3 is 0 Å². The molecule has 3 rings (SSSR count). The third-order valence-corrected chi connectivity index (χ3v) is 10.2. The van der Waals surface area contributed by atoms with Crippen molar-refractivity contribution in [3.05, 3.63) is 22.8 Å². The second kappa shape index (κ2) is 8.20. The van der Waals surface area contributed by atoms with Gasteiger partial charge in [0.05, 0.1) is 0 Å². The Balaban J connectivity index is 1.47. The van der Waals surface area contributed by atoms with Gasteiger partial charge in [-0.15, -0.1) is 0 Å². The van der Waals surface area contributed by atoms with Crippen molar-refractivity contribution in [1.82, 2.24) is 0 Å². The van der Waals surface area contributed by atoms with Crippen molar-refractivity contribution in [3.63, 3.8) is 0 Å². The SMILES string of the molecule is CCCC(C)=C(C)CCCCC(C)CC1(C)C2C3C(C3(C=C(C)CC)CC)C21C. The van der Waals surface area contributed by atoms with Crippen molar-refractivity contribution in [3.8, 4) is 0 Å². The second-order valence-electron chi connectivity index (χ2n) is 11.9. The number of allylic oxidation sites excluding steroid dienone is 4. The van der Waals surface area contributed by atoms with E-state index in [4.69, 9.17) is 0 Å². The summed E-state index contributed by atoms with van der Waals surface area (Å²) in [5.41, 5.74) is 6.80. The van der Waals surface area contributed by atoms with Gasteiger partial charge in [-0.25, -0.2) is 0 Å². The lowest BCUT2D eigenvalue weighted by atomic mass is 9.80. The summed E-state index contributed by atoms with van der Waals surface area (Å²) in [4.78, 5) is 0. The van der Waals surface area contributed by atoms with Crippen molar-refractivity contribution < 1.29 is 0 Å². The highest BCUT2D eigenvalue weighted by atomic mass is 15.0. The molecule has 3 aliphatic carbocycles. The van der Waals surface area contributed by atoms with E-state index in [1.807, 2.05) is 0 Å². The summed E-state index contributed by atoms with van der Waals surface area (Å²) in [7, 11) is 0. The van der Waals surface area contributed by atoms with E-state index in [9.17, 15) is 0 Å². The topological polar surface area (TPSA) is 0 Å². The van der Waals surface area contributed by atoms with Gasteiger partial charge in [0.2, 0.25) is 0 Å². The molecule has 3 fully saturated rings. The molecular formula is C29H50. The lowest BCUT2D eigenvalue weighted by molar-refractivity contribution is 0.247. The Hall–Kier alpha value is -0.520. The van der Waals surface area contributed by atoms with Gasteiger partial charge >= 0.3 is 0 Å². The summed E-state index contributed by atoms with van der Waals surface area (Å²) in [6.45, 7) is 21.9. The molecule has 0 saturated heterocycles. The normalized spacial score (nSPS) is 41.8. The number of hydrogen-bond acceptors (Lipinski definition) is 0. The van der Waals surface area contributed by atoms with Gasteiger partial charge in [-0.05, 0) is 99.2 Å². The molecule has 0 N–H and O–H groups in total. The molecule has 0 aromatic heterocycles. The Kier molecular flexibility index (Phi) is 6.54. The monoisotopic (exact) mass is 398 g/mol. The Morgan fingerprint density at radius 2 is 1.59 bits per heavy atom. The van der Waals surface area contributed by atoms with E-state index in [0.29, 0.717) is 16.2 Å². The molecule has 7 atom stereocenters. The average Bonchev–Trinajstić information content (AvgIpc) is 3.39. The van der Waals surface area contributed by atoms with Gasteiger partial charge in [0.1, 0.15) is 0 Å². The fourth-order valence-electron chi connectivity index (χ4n) is 8.23. The van der Waals surface area contributed by atoms with Crippen LogP contribution in [0.1, 0.15) is 120 Å². The van der Waals surface area contributed by atoms with Gasteiger partial charge in [-0.1, -0.05) is 83.6 Å². The summed E-state index contributed by atoms with van der Waals surface area (Å²) in [5, 5.41) is 0. The highest BCUT2D eigenvalue weighted by Crippen LogP contribution is 3.00. The number of unbranched alkanes of at least 4 members (excludes halogenated alkanes) is 1. The molecule has 0 heterocycles. The summed E-state index contributed by atoms with van der Waals surface area (Å²) in [5.74, 6) is 3.93. The van der Waals surface area contributed by atoms with Crippen LogP contribution in [0, 0.1) is 39.9 Å². The van der Waals surface area contributed by atoms with E-state index >= 15 is 0 Å². The van der Waals surface area contributed by atoms with Crippen molar-refractivity contribution in [2.45, 2.75) is 120 Å². The first-order chi connectivity index (χ1) is 13.6. The van der Waals surface area contributed by atoms with Gasteiger partial charge in [0.25, 0.3) is 0 Å². The Morgan fingerprint density at radius 3 is 2.10 bits per heavy atom. The highest BCUT2D eigenvalue weighted by molar-refractivity contribution is 5.47. The standard InChI is InChI=1S/C29H50/c1-10-15-22(6)23(7)17-14-13-16-21(5)18-27(8)25-24-26(28(25,27)9)29(24,12-3)19-20(4)11-2/h19,21,24-26H,10-18H2,1-9H3. The van der Waals surface area contributed by atoms with Crippen LogP contribution in [0.3, 0.4) is 0 Å². The molecule has 0 spiro atoms. The van der Waals surface area contributed by atoms with Gasteiger partial charge in [0.15, 0.2) is 0 Å². The quantitative estimate of drug-likeness (QED) is 0.227. The van der Waals surface area contributed by atoms with Gasteiger partial charge in [-0.3, -0.25) is 0 Å². The molecule has 3 saturated carbocycles. The van der Waals surface area contributed by atoms with Crippen molar-refractivity contribution in [2.75, 3.05) is 0 Å². The second-order valence-corrected chi connectivity index (χ2v) is 11.9. The number of rotatable bonds is 12. The smallest absolute Gasteiger partial charge is 0.00470 e. The van der Waals surface area contributed by atoms with Crippen LogP contribution in [-0.4, -0.2) is 0 Å². The maximum Gasteiger partial charge on any atom is -0.00470 e. The molecule has 0 bridgehead atoms. The van der Waals surface area contributed by atoms with E-state index in [0.717, 1.165) is 23.7 Å². The molecule has 0 aromatic carbocycles. The molecule has 29 heavy (non-hydrogen) atoms. The molecule has 0 radical (unpaired) electrons. The number of hydrogen-bond donors (Lipinski definition) is 0. The fourth-order valence-corrected chi connectivity index (χ4v) is 8.23. The first-order valence-corrected chi connectivity index (χ1v) is 13.0. The van der Waals surface area contributed by atoms with Crippen LogP contribution in [0.15, 0.2) is 22.8 Å². The molecule has 166 valence electrons. The van der Waals surface area contributed by atoms with Gasteiger partial charge in [0, 0.05) is 0 Å².